The third-order valence-electron chi connectivity index (χ3n) is 2.60. The molecular weight excluding hydrogens is 184 g/mol. The van der Waals surface area contributed by atoms with Gasteiger partial charge in [0.15, 0.2) is 0 Å². The molecule has 0 amide bonds. The highest BCUT2D eigenvalue weighted by Crippen LogP contribution is 2.17. The predicted molar refractivity (Wildman–Crippen MR) is 62.9 cm³/mol. The fraction of sp³-hybridized carbons (Fsp3) is 0.214. The maximum absolute atomic E-state index is 10.6. The zero-order valence-corrected chi connectivity index (χ0v) is 8.81. The Labute approximate surface area is 89.7 Å². The molecule has 15 heavy (non-hydrogen) atoms. The van der Waals surface area contributed by atoms with E-state index in [4.69, 9.17) is 0 Å². The van der Waals surface area contributed by atoms with Crippen LogP contribution in [0.5, 0.6) is 0 Å². The molecule has 0 aliphatic heterocycles. The Bertz CT molecular complexity index is 473. The summed E-state index contributed by atoms with van der Waals surface area (Å²) in [6.45, 7) is 1.95. The van der Waals surface area contributed by atoms with E-state index in [1.165, 1.54) is 16.3 Å². The average Bonchev–Trinajstić information content (AvgIpc) is 2.29. The highest BCUT2D eigenvalue weighted by molar-refractivity contribution is 5.83. The zero-order chi connectivity index (χ0) is 10.7. The Morgan fingerprint density at radius 1 is 1.13 bits per heavy atom. The molecule has 2 aromatic carbocycles. The number of hydrogen-bond donors (Lipinski definition) is 0. The minimum Gasteiger partial charge on any atom is -0.303 e. The number of aldehydes is 1. The summed E-state index contributed by atoms with van der Waals surface area (Å²) >= 11 is 0. The summed E-state index contributed by atoms with van der Waals surface area (Å²) in [5, 5.41) is 2.49. The standard InChI is InChI=1S/C14H14O/c1-11(10-15)8-12-6-7-13-4-2-3-5-14(13)9-12/h2-7,9-11H,8H2,1H3/t11-/m0/s1. The minimum atomic E-state index is 0.103. The van der Waals surface area contributed by atoms with Crippen LogP contribution in [0, 0.1) is 5.92 Å². The van der Waals surface area contributed by atoms with E-state index in [9.17, 15) is 4.79 Å². The normalized spacial score (nSPS) is 12.6. The van der Waals surface area contributed by atoms with Gasteiger partial charge in [0.2, 0.25) is 0 Å². The third-order valence-corrected chi connectivity index (χ3v) is 2.60. The molecule has 0 saturated carbocycles. The van der Waals surface area contributed by atoms with Crippen molar-refractivity contribution in [3.8, 4) is 0 Å². The number of rotatable bonds is 3. The molecule has 0 aromatic heterocycles. The Morgan fingerprint density at radius 3 is 2.60 bits per heavy atom. The SMILES string of the molecule is C[C@H](C=O)Cc1ccc2ccccc2c1. The molecule has 0 aliphatic rings. The number of carbonyl (C=O) groups excluding carboxylic acids is 1. The summed E-state index contributed by atoms with van der Waals surface area (Å²) in [4.78, 5) is 10.6. The van der Waals surface area contributed by atoms with Crippen molar-refractivity contribution in [3.05, 3.63) is 48.0 Å². The quantitative estimate of drug-likeness (QED) is 0.692. The molecule has 0 aliphatic carbocycles. The van der Waals surface area contributed by atoms with Crippen LogP contribution in [0.2, 0.25) is 0 Å². The van der Waals surface area contributed by atoms with Crippen molar-refractivity contribution in [1.82, 2.24) is 0 Å². The molecule has 0 unspecified atom stereocenters. The first-order valence-corrected chi connectivity index (χ1v) is 5.22. The van der Waals surface area contributed by atoms with E-state index in [0.29, 0.717) is 0 Å². The molecule has 0 bridgehead atoms. The summed E-state index contributed by atoms with van der Waals surface area (Å²) in [7, 11) is 0. The highest BCUT2D eigenvalue weighted by Gasteiger charge is 2.02. The first-order chi connectivity index (χ1) is 7.29. The topological polar surface area (TPSA) is 17.1 Å². The number of fused-ring (bicyclic) bond motifs is 1. The molecule has 0 heterocycles. The van der Waals surface area contributed by atoms with Gasteiger partial charge in [-0.25, -0.2) is 0 Å². The predicted octanol–water partition coefficient (Wildman–Crippen LogP) is 3.22. The highest BCUT2D eigenvalue weighted by atomic mass is 16.1. The van der Waals surface area contributed by atoms with Crippen LogP contribution in [0.4, 0.5) is 0 Å². The molecular formula is C14H14O. The molecule has 0 radical (unpaired) electrons. The lowest BCUT2D eigenvalue weighted by Gasteiger charge is -2.05. The second-order valence-electron chi connectivity index (χ2n) is 4.00. The van der Waals surface area contributed by atoms with Gasteiger partial charge in [-0.1, -0.05) is 49.4 Å². The summed E-state index contributed by atoms with van der Waals surface area (Å²) in [6, 6.07) is 14.7. The molecule has 0 spiro atoms. The van der Waals surface area contributed by atoms with Crippen molar-refractivity contribution in [1.29, 1.82) is 0 Å². The van der Waals surface area contributed by atoms with E-state index < -0.39 is 0 Å². The molecule has 1 heteroatoms. The van der Waals surface area contributed by atoms with Crippen molar-refractivity contribution in [3.63, 3.8) is 0 Å². The van der Waals surface area contributed by atoms with E-state index in [1.54, 1.807) is 0 Å². The van der Waals surface area contributed by atoms with Crippen molar-refractivity contribution >= 4 is 17.1 Å². The van der Waals surface area contributed by atoms with Gasteiger partial charge in [0.1, 0.15) is 6.29 Å². The van der Waals surface area contributed by atoms with Gasteiger partial charge in [0, 0.05) is 5.92 Å². The molecule has 0 fully saturated rings. The van der Waals surface area contributed by atoms with Crippen LogP contribution in [0.1, 0.15) is 12.5 Å². The van der Waals surface area contributed by atoms with Crippen molar-refractivity contribution in [2.24, 2.45) is 5.92 Å². The van der Waals surface area contributed by atoms with E-state index >= 15 is 0 Å². The second kappa shape index (κ2) is 4.26. The van der Waals surface area contributed by atoms with E-state index in [0.717, 1.165) is 12.7 Å². The van der Waals surface area contributed by atoms with E-state index in [1.807, 2.05) is 19.1 Å². The monoisotopic (exact) mass is 198 g/mol. The van der Waals surface area contributed by atoms with E-state index in [2.05, 4.69) is 30.3 Å². The average molecular weight is 198 g/mol. The fourth-order valence-corrected chi connectivity index (χ4v) is 1.79. The minimum absolute atomic E-state index is 0.103. The first-order valence-electron chi connectivity index (χ1n) is 5.22. The van der Waals surface area contributed by atoms with Crippen LogP contribution < -0.4 is 0 Å². The number of carbonyl (C=O) groups is 1. The van der Waals surface area contributed by atoms with Crippen molar-refractivity contribution in [2.75, 3.05) is 0 Å². The molecule has 0 N–H and O–H groups in total. The van der Waals surface area contributed by atoms with Crippen molar-refractivity contribution < 1.29 is 4.79 Å². The number of hydrogen-bond acceptors (Lipinski definition) is 1. The smallest absolute Gasteiger partial charge is 0.123 e. The molecule has 1 atom stereocenters. The van der Waals surface area contributed by atoms with Crippen LogP contribution in [0.3, 0.4) is 0 Å². The number of benzene rings is 2. The van der Waals surface area contributed by atoms with Gasteiger partial charge in [0.25, 0.3) is 0 Å². The van der Waals surface area contributed by atoms with Gasteiger partial charge in [-0.2, -0.15) is 0 Å². The fourth-order valence-electron chi connectivity index (χ4n) is 1.79. The Hall–Kier alpha value is -1.63. The maximum atomic E-state index is 10.6. The zero-order valence-electron chi connectivity index (χ0n) is 8.81. The van der Waals surface area contributed by atoms with Gasteiger partial charge < -0.3 is 4.79 Å². The van der Waals surface area contributed by atoms with Gasteiger partial charge in [-0.15, -0.1) is 0 Å². The summed E-state index contributed by atoms with van der Waals surface area (Å²) in [6.07, 6.45) is 1.84. The molecule has 1 nitrogen and oxygen atoms in total. The summed E-state index contributed by atoms with van der Waals surface area (Å²) in [5.41, 5.74) is 1.23. The van der Waals surface area contributed by atoms with Crippen LogP contribution in [0.15, 0.2) is 42.5 Å². The largest absolute Gasteiger partial charge is 0.303 e. The lowest BCUT2D eigenvalue weighted by atomic mass is 9.99. The lowest BCUT2D eigenvalue weighted by molar-refractivity contribution is -0.110. The molecule has 2 aromatic rings. The van der Waals surface area contributed by atoms with Gasteiger partial charge in [0.05, 0.1) is 0 Å². The van der Waals surface area contributed by atoms with E-state index in [-0.39, 0.29) is 5.92 Å². The lowest BCUT2D eigenvalue weighted by Crippen LogP contribution is -2.00. The third kappa shape index (κ3) is 2.24. The van der Waals surface area contributed by atoms with Crippen molar-refractivity contribution in [2.45, 2.75) is 13.3 Å². The second-order valence-corrected chi connectivity index (χ2v) is 4.00. The first kappa shape index (κ1) is 9.91. The maximum Gasteiger partial charge on any atom is 0.123 e. The Morgan fingerprint density at radius 2 is 1.87 bits per heavy atom. The Kier molecular flexibility index (Phi) is 2.82. The molecule has 76 valence electrons. The Balaban J connectivity index is 2.34. The molecule has 2 rings (SSSR count). The summed E-state index contributed by atoms with van der Waals surface area (Å²) in [5.74, 6) is 0.103. The van der Waals surface area contributed by atoms with Crippen LogP contribution >= 0.6 is 0 Å². The van der Waals surface area contributed by atoms with Gasteiger partial charge in [-0.3, -0.25) is 0 Å². The molecule has 0 saturated heterocycles. The summed E-state index contributed by atoms with van der Waals surface area (Å²) < 4.78 is 0. The van der Waals surface area contributed by atoms with Crippen LogP contribution in [0.25, 0.3) is 10.8 Å². The van der Waals surface area contributed by atoms with Gasteiger partial charge >= 0.3 is 0 Å². The van der Waals surface area contributed by atoms with Crippen LogP contribution in [-0.4, -0.2) is 6.29 Å². The van der Waals surface area contributed by atoms with Crippen LogP contribution in [-0.2, 0) is 11.2 Å². The van der Waals surface area contributed by atoms with Gasteiger partial charge in [-0.05, 0) is 22.8 Å².